The number of halogens is 1. The summed E-state index contributed by atoms with van der Waals surface area (Å²) in [6, 6.07) is 13.1. The van der Waals surface area contributed by atoms with Gasteiger partial charge in [-0.3, -0.25) is 4.79 Å². The Bertz CT molecular complexity index is 1000. The lowest BCUT2D eigenvalue weighted by atomic mass is 9.95. The third-order valence-corrected chi connectivity index (χ3v) is 5.10. The van der Waals surface area contributed by atoms with E-state index in [0.717, 1.165) is 22.7 Å². The molecule has 0 unspecified atom stereocenters. The summed E-state index contributed by atoms with van der Waals surface area (Å²) in [6.45, 7) is 2.21. The van der Waals surface area contributed by atoms with Gasteiger partial charge in [0.2, 0.25) is 0 Å². The fourth-order valence-electron chi connectivity index (χ4n) is 3.67. The Kier molecular flexibility index (Phi) is 5.20. The van der Waals surface area contributed by atoms with Crippen LogP contribution in [0, 0.1) is 5.82 Å². The number of aromatic amines is 1. The Balaban J connectivity index is 1.62. The van der Waals surface area contributed by atoms with E-state index in [0.29, 0.717) is 18.7 Å². The molecule has 2 heterocycles. The fourth-order valence-corrected chi connectivity index (χ4v) is 3.67. The number of H-pyrrole nitrogens is 1. The fraction of sp³-hybridized carbons (Fsp3) is 0.273. The molecule has 0 saturated carbocycles. The Morgan fingerprint density at radius 3 is 2.76 bits per heavy atom. The number of ether oxygens (including phenoxy) is 2. The molecular weight excluding hydrogens is 373 g/mol. The van der Waals surface area contributed by atoms with Crippen LogP contribution >= 0.6 is 0 Å². The summed E-state index contributed by atoms with van der Waals surface area (Å²) in [5.74, 6) is 0.484. The van der Waals surface area contributed by atoms with Crippen molar-refractivity contribution in [3.63, 3.8) is 0 Å². The molecule has 1 aromatic heterocycles. The van der Waals surface area contributed by atoms with Gasteiger partial charge in [0.05, 0.1) is 19.1 Å². The van der Waals surface area contributed by atoms with E-state index in [2.05, 4.69) is 9.97 Å². The Morgan fingerprint density at radius 1 is 1.24 bits per heavy atom. The van der Waals surface area contributed by atoms with Gasteiger partial charge < -0.3 is 19.4 Å². The molecule has 3 aromatic rings. The first kappa shape index (κ1) is 19.0. The van der Waals surface area contributed by atoms with E-state index in [1.54, 1.807) is 37.4 Å². The Hall–Kier alpha value is -3.35. The molecular formula is C22H22FN3O3. The third-order valence-electron chi connectivity index (χ3n) is 5.10. The Labute approximate surface area is 168 Å². The van der Waals surface area contributed by atoms with Gasteiger partial charge in [-0.2, -0.15) is 0 Å². The number of aromatic nitrogens is 2. The van der Waals surface area contributed by atoms with Crippen molar-refractivity contribution in [3.05, 3.63) is 77.6 Å². The molecule has 1 N–H and O–H groups in total. The first-order valence-corrected chi connectivity index (χ1v) is 9.45. The summed E-state index contributed by atoms with van der Waals surface area (Å²) in [7, 11) is 1.61. The smallest absolute Gasteiger partial charge is 0.264 e. The van der Waals surface area contributed by atoms with Crippen LogP contribution in [0.4, 0.5) is 4.39 Å². The maximum atomic E-state index is 13.5. The van der Waals surface area contributed by atoms with Crippen molar-refractivity contribution in [2.45, 2.75) is 25.5 Å². The number of imidazole rings is 1. The number of carbonyl (C=O) groups is 1. The number of methoxy groups -OCH3 is 1. The van der Waals surface area contributed by atoms with Crippen molar-refractivity contribution in [2.24, 2.45) is 0 Å². The van der Waals surface area contributed by atoms with Gasteiger partial charge in [0.1, 0.15) is 23.4 Å². The highest BCUT2D eigenvalue weighted by molar-refractivity contribution is 5.82. The predicted molar refractivity (Wildman–Crippen MR) is 105 cm³/mol. The molecule has 29 heavy (non-hydrogen) atoms. The summed E-state index contributed by atoms with van der Waals surface area (Å²) >= 11 is 0. The highest BCUT2D eigenvalue weighted by Gasteiger charge is 2.36. The third kappa shape index (κ3) is 3.81. The molecule has 1 aliphatic rings. The number of hydrogen-bond donors (Lipinski definition) is 1. The normalized spacial score (nSPS) is 16.8. The number of nitrogens with one attached hydrogen (secondary N) is 1. The van der Waals surface area contributed by atoms with Crippen molar-refractivity contribution in [1.29, 1.82) is 0 Å². The number of rotatable bonds is 5. The van der Waals surface area contributed by atoms with Gasteiger partial charge in [0.25, 0.3) is 5.91 Å². The molecule has 6 nitrogen and oxygen atoms in total. The van der Waals surface area contributed by atoms with E-state index in [-0.39, 0.29) is 11.9 Å². The van der Waals surface area contributed by atoms with Crippen molar-refractivity contribution >= 4 is 5.91 Å². The Morgan fingerprint density at radius 2 is 2.03 bits per heavy atom. The van der Waals surface area contributed by atoms with Crippen LogP contribution < -0.4 is 9.47 Å². The zero-order chi connectivity index (χ0) is 20.4. The van der Waals surface area contributed by atoms with Crippen molar-refractivity contribution in [1.82, 2.24) is 14.9 Å². The largest absolute Gasteiger partial charge is 0.497 e. The summed E-state index contributed by atoms with van der Waals surface area (Å²) < 4.78 is 24.4. The van der Waals surface area contributed by atoms with Gasteiger partial charge in [-0.15, -0.1) is 0 Å². The van der Waals surface area contributed by atoms with E-state index in [9.17, 15) is 9.18 Å². The second-order valence-electron chi connectivity index (χ2n) is 6.94. The monoisotopic (exact) mass is 395 g/mol. The van der Waals surface area contributed by atoms with Crippen LogP contribution in [0.25, 0.3) is 0 Å². The second kappa shape index (κ2) is 7.95. The van der Waals surface area contributed by atoms with Gasteiger partial charge in [-0.05, 0) is 36.8 Å². The van der Waals surface area contributed by atoms with E-state index in [4.69, 9.17) is 9.47 Å². The highest BCUT2D eigenvalue weighted by atomic mass is 19.1. The highest BCUT2D eigenvalue weighted by Crippen LogP contribution is 2.34. The minimum absolute atomic E-state index is 0.177. The van der Waals surface area contributed by atoms with E-state index in [1.165, 1.54) is 12.1 Å². The van der Waals surface area contributed by atoms with Gasteiger partial charge in [-0.25, -0.2) is 9.37 Å². The van der Waals surface area contributed by atoms with Gasteiger partial charge >= 0.3 is 0 Å². The van der Waals surface area contributed by atoms with Crippen molar-refractivity contribution in [2.75, 3.05) is 13.7 Å². The minimum atomic E-state index is -0.766. The molecule has 1 aliphatic heterocycles. The lowest BCUT2D eigenvalue weighted by Gasteiger charge is -2.36. The van der Waals surface area contributed by atoms with Gasteiger partial charge in [0.15, 0.2) is 6.10 Å². The lowest BCUT2D eigenvalue weighted by molar-refractivity contribution is -0.140. The van der Waals surface area contributed by atoms with Gasteiger partial charge in [0, 0.05) is 24.7 Å². The molecule has 0 fully saturated rings. The van der Waals surface area contributed by atoms with E-state index < -0.39 is 11.9 Å². The SMILES string of the molecule is COc1ccc([C@@H]2c3nc[nH]c3CCN2C(=O)[C@@H](C)Oc2cccc(F)c2)cc1. The maximum absolute atomic E-state index is 13.5. The summed E-state index contributed by atoms with van der Waals surface area (Å²) in [6.07, 6.45) is 1.57. The number of benzene rings is 2. The van der Waals surface area contributed by atoms with E-state index in [1.807, 2.05) is 24.3 Å². The molecule has 150 valence electrons. The summed E-state index contributed by atoms with van der Waals surface area (Å²) in [5, 5.41) is 0. The van der Waals surface area contributed by atoms with Crippen LogP contribution in [0.2, 0.25) is 0 Å². The zero-order valence-electron chi connectivity index (χ0n) is 16.3. The standard InChI is InChI=1S/C22H22FN3O3/c1-14(29-18-5-3-4-16(23)12-18)22(27)26-11-10-19-20(25-13-24-19)21(26)15-6-8-17(28-2)9-7-15/h3-9,12-14,21H,10-11H2,1-2H3,(H,24,25)/t14-,21-/m1/s1. The predicted octanol–water partition coefficient (Wildman–Crippen LogP) is 3.50. The molecule has 1 amide bonds. The number of hydrogen-bond acceptors (Lipinski definition) is 4. The number of nitrogens with zero attached hydrogens (tertiary/aromatic N) is 2. The topological polar surface area (TPSA) is 67.5 Å². The maximum Gasteiger partial charge on any atom is 0.264 e. The van der Waals surface area contributed by atoms with Crippen molar-refractivity contribution in [3.8, 4) is 11.5 Å². The minimum Gasteiger partial charge on any atom is -0.497 e. The first-order valence-electron chi connectivity index (χ1n) is 9.45. The molecule has 0 aliphatic carbocycles. The van der Waals surface area contributed by atoms with E-state index >= 15 is 0 Å². The molecule has 0 saturated heterocycles. The van der Waals surface area contributed by atoms with Gasteiger partial charge in [-0.1, -0.05) is 18.2 Å². The number of amides is 1. The van der Waals surface area contributed by atoms with Crippen LogP contribution in [0.3, 0.4) is 0 Å². The quantitative estimate of drug-likeness (QED) is 0.718. The lowest BCUT2D eigenvalue weighted by Crippen LogP contribution is -2.46. The molecule has 0 radical (unpaired) electrons. The average molecular weight is 395 g/mol. The molecule has 7 heteroatoms. The number of carbonyl (C=O) groups excluding carboxylic acids is 1. The molecule has 0 spiro atoms. The zero-order valence-corrected chi connectivity index (χ0v) is 16.3. The van der Waals surface area contributed by atoms with Crippen LogP contribution in [-0.2, 0) is 11.2 Å². The van der Waals surface area contributed by atoms with Crippen LogP contribution in [0.15, 0.2) is 54.9 Å². The molecule has 0 bridgehead atoms. The molecule has 2 aromatic carbocycles. The van der Waals surface area contributed by atoms with Crippen LogP contribution in [-0.4, -0.2) is 40.5 Å². The second-order valence-corrected chi connectivity index (χ2v) is 6.94. The number of fused-ring (bicyclic) bond motifs is 1. The average Bonchev–Trinajstić information content (AvgIpc) is 3.21. The molecule has 4 rings (SSSR count). The summed E-state index contributed by atoms with van der Waals surface area (Å²) in [4.78, 5) is 22.7. The first-order chi connectivity index (χ1) is 14.1. The van der Waals surface area contributed by atoms with Crippen LogP contribution in [0.1, 0.15) is 29.9 Å². The van der Waals surface area contributed by atoms with Crippen molar-refractivity contribution < 1.29 is 18.7 Å². The molecule has 2 atom stereocenters. The summed E-state index contributed by atoms with van der Waals surface area (Å²) in [5.41, 5.74) is 2.78. The van der Waals surface area contributed by atoms with Crippen LogP contribution in [0.5, 0.6) is 11.5 Å².